The maximum Gasteiger partial charge on any atom is 0.191 e. The van der Waals surface area contributed by atoms with Gasteiger partial charge < -0.3 is 20.5 Å². The zero-order chi connectivity index (χ0) is 17.8. The second-order valence-corrected chi connectivity index (χ2v) is 6.41. The summed E-state index contributed by atoms with van der Waals surface area (Å²) >= 11 is 6.10. The summed E-state index contributed by atoms with van der Waals surface area (Å²) in [5, 5.41) is 17.2. The highest BCUT2D eigenvalue weighted by Crippen LogP contribution is 2.22. The molecule has 1 unspecified atom stereocenters. The molecule has 0 aliphatic rings. The molecule has 0 saturated heterocycles. The van der Waals surface area contributed by atoms with Crippen molar-refractivity contribution < 1.29 is 9.84 Å². The van der Waals surface area contributed by atoms with Crippen LogP contribution in [0.4, 0.5) is 0 Å². The molecule has 0 heterocycles. The van der Waals surface area contributed by atoms with E-state index in [2.05, 4.69) is 29.5 Å². The predicted molar refractivity (Wildman–Crippen MR) is 101 cm³/mol. The first-order valence-corrected chi connectivity index (χ1v) is 8.94. The minimum absolute atomic E-state index is 0.253. The zero-order valence-electron chi connectivity index (χ0n) is 14.9. The third-order valence-electron chi connectivity index (χ3n) is 3.24. The van der Waals surface area contributed by atoms with Crippen LogP contribution in [0.25, 0.3) is 0 Å². The zero-order valence-corrected chi connectivity index (χ0v) is 15.6. The van der Waals surface area contributed by atoms with Crippen LogP contribution in [0, 0.1) is 5.92 Å². The number of aliphatic hydroxyl groups excluding tert-OH is 1. The van der Waals surface area contributed by atoms with Gasteiger partial charge in [-0.2, -0.15) is 0 Å². The number of rotatable bonds is 10. The second kappa shape index (κ2) is 12.1. The van der Waals surface area contributed by atoms with Crippen molar-refractivity contribution in [1.82, 2.24) is 10.6 Å². The summed E-state index contributed by atoms with van der Waals surface area (Å²) in [6, 6.07) is 7.28. The summed E-state index contributed by atoms with van der Waals surface area (Å²) in [6.45, 7) is 9.59. The minimum atomic E-state index is -0.719. The van der Waals surface area contributed by atoms with Gasteiger partial charge >= 0.3 is 0 Å². The van der Waals surface area contributed by atoms with Gasteiger partial charge in [-0.05, 0) is 25.3 Å². The Morgan fingerprint density at radius 1 is 1.29 bits per heavy atom. The first-order valence-electron chi connectivity index (χ1n) is 8.57. The number of aliphatic imine (C=N–C) groups is 1. The standard InChI is InChI=1S/C18H30ClN3O2/c1-4-20-18(21-10-7-11-24-13-14(2)3)22-12-17(23)15-8-5-6-9-16(15)19/h5-6,8-9,14,17,23H,4,7,10-13H2,1-3H3,(H2,20,21,22). The number of benzene rings is 1. The van der Waals surface area contributed by atoms with Crippen molar-refractivity contribution in [2.75, 3.05) is 32.8 Å². The third kappa shape index (κ3) is 8.52. The van der Waals surface area contributed by atoms with Gasteiger partial charge in [-0.15, -0.1) is 0 Å². The normalized spacial score (nSPS) is 13.2. The van der Waals surface area contributed by atoms with Crippen LogP contribution in [0.15, 0.2) is 29.3 Å². The Kier molecular flexibility index (Phi) is 10.5. The van der Waals surface area contributed by atoms with Crippen LogP contribution in [0.5, 0.6) is 0 Å². The molecule has 1 rings (SSSR count). The highest BCUT2D eigenvalue weighted by molar-refractivity contribution is 6.31. The number of hydrogen-bond donors (Lipinski definition) is 3. The van der Waals surface area contributed by atoms with Crippen molar-refractivity contribution in [3.8, 4) is 0 Å². The molecular formula is C18H30ClN3O2. The fourth-order valence-corrected chi connectivity index (χ4v) is 2.32. The lowest BCUT2D eigenvalue weighted by Gasteiger charge is -2.14. The molecule has 1 aromatic carbocycles. The molecule has 3 N–H and O–H groups in total. The molecule has 1 atom stereocenters. The maximum absolute atomic E-state index is 10.2. The molecule has 0 fully saturated rings. The van der Waals surface area contributed by atoms with Crippen LogP contribution >= 0.6 is 11.6 Å². The van der Waals surface area contributed by atoms with Gasteiger partial charge in [0.2, 0.25) is 0 Å². The van der Waals surface area contributed by atoms with Gasteiger partial charge in [0, 0.05) is 36.9 Å². The van der Waals surface area contributed by atoms with E-state index in [0.717, 1.165) is 32.7 Å². The number of nitrogens with zero attached hydrogens (tertiary/aromatic N) is 1. The first-order chi connectivity index (χ1) is 11.5. The number of hydrogen-bond acceptors (Lipinski definition) is 3. The van der Waals surface area contributed by atoms with Crippen LogP contribution in [0.2, 0.25) is 5.02 Å². The summed E-state index contributed by atoms with van der Waals surface area (Å²) in [7, 11) is 0. The minimum Gasteiger partial charge on any atom is -0.386 e. The van der Waals surface area contributed by atoms with E-state index in [1.54, 1.807) is 6.07 Å². The summed E-state index contributed by atoms with van der Waals surface area (Å²) in [5.74, 6) is 1.25. The molecule has 0 amide bonds. The Labute approximate surface area is 150 Å². The van der Waals surface area contributed by atoms with Gasteiger partial charge in [0.25, 0.3) is 0 Å². The van der Waals surface area contributed by atoms with E-state index in [9.17, 15) is 5.11 Å². The number of halogens is 1. The van der Waals surface area contributed by atoms with Crippen molar-refractivity contribution in [2.45, 2.75) is 33.3 Å². The number of guanidine groups is 1. The summed E-state index contributed by atoms with van der Waals surface area (Å²) in [6.07, 6.45) is 0.188. The van der Waals surface area contributed by atoms with E-state index in [-0.39, 0.29) is 6.54 Å². The molecule has 0 spiro atoms. The highest BCUT2D eigenvalue weighted by Gasteiger charge is 2.10. The van der Waals surface area contributed by atoms with E-state index in [1.165, 1.54) is 0 Å². The summed E-state index contributed by atoms with van der Waals surface area (Å²) in [5.41, 5.74) is 0.695. The molecule has 0 bridgehead atoms. The Bertz CT molecular complexity index is 495. The van der Waals surface area contributed by atoms with E-state index in [4.69, 9.17) is 16.3 Å². The average Bonchev–Trinajstić information content (AvgIpc) is 2.55. The Hall–Kier alpha value is -1.30. The van der Waals surface area contributed by atoms with Gasteiger partial charge in [0.1, 0.15) is 6.10 Å². The van der Waals surface area contributed by atoms with Crippen LogP contribution in [0.3, 0.4) is 0 Å². The Morgan fingerprint density at radius 2 is 2.04 bits per heavy atom. The molecule has 5 nitrogen and oxygen atoms in total. The summed E-state index contributed by atoms with van der Waals surface area (Å²) in [4.78, 5) is 4.42. The second-order valence-electron chi connectivity index (χ2n) is 6.01. The number of aliphatic hydroxyl groups is 1. The molecule has 1 aromatic rings. The largest absolute Gasteiger partial charge is 0.386 e. The van der Waals surface area contributed by atoms with Crippen molar-refractivity contribution in [2.24, 2.45) is 10.9 Å². The lowest BCUT2D eigenvalue weighted by Crippen LogP contribution is -2.38. The fourth-order valence-electron chi connectivity index (χ4n) is 2.06. The first kappa shape index (κ1) is 20.7. The third-order valence-corrected chi connectivity index (χ3v) is 3.58. The molecule has 0 aliphatic carbocycles. The van der Waals surface area contributed by atoms with E-state index in [1.807, 2.05) is 25.1 Å². The molecule has 0 saturated carbocycles. The monoisotopic (exact) mass is 355 g/mol. The molecule has 0 radical (unpaired) electrons. The topological polar surface area (TPSA) is 65.9 Å². The van der Waals surface area contributed by atoms with Crippen molar-refractivity contribution in [3.05, 3.63) is 34.9 Å². The van der Waals surface area contributed by atoms with Crippen molar-refractivity contribution in [1.29, 1.82) is 0 Å². The molecule has 136 valence electrons. The average molecular weight is 356 g/mol. The van der Waals surface area contributed by atoms with Crippen LogP contribution in [-0.2, 0) is 4.74 Å². The Balaban J connectivity index is 2.40. The molecule has 6 heteroatoms. The highest BCUT2D eigenvalue weighted by atomic mass is 35.5. The van der Waals surface area contributed by atoms with Gasteiger partial charge in [0.15, 0.2) is 5.96 Å². The smallest absolute Gasteiger partial charge is 0.191 e. The van der Waals surface area contributed by atoms with E-state index < -0.39 is 6.10 Å². The molecular weight excluding hydrogens is 326 g/mol. The van der Waals surface area contributed by atoms with Crippen LogP contribution in [0.1, 0.15) is 38.9 Å². The fraction of sp³-hybridized carbons (Fsp3) is 0.611. The van der Waals surface area contributed by atoms with Gasteiger partial charge in [-0.1, -0.05) is 43.6 Å². The quantitative estimate of drug-likeness (QED) is 0.343. The maximum atomic E-state index is 10.2. The van der Waals surface area contributed by atoms with E-state index in [0.29, 0.717) is 22.5 Å². The van der Waals surface area contributed by atoms with Crippen LogP contribution < -0.4 is 10.6 Å². The molecule has 0 aliphatic heterocycles. The number of nitrogens with one attached hydrogen (secondary N) is 2. The van der Waals surface area contributed by atoms with Crippen molar-refractivity contribution >= 4 is 17.6 Å². The molecule has 0 aromatic heterocycles. The molecule has 24 heavy (non-hydrogen) atoms. The van der Waals surface area contributed by atoms with Gasteiger partial charge in [-0.25, -0.2) is 0 Å². The SMILES string of the molecule is CCNC(=NCC(O)c1ccccc1Cl)NCCCOCC(C)C. The van der Waals surface area contributed by atoms with Crippen molar-refractivity contribution in [3.63, 3.8) is 0 Å². The Morgan fingerprint density at radius 3 is 2.71 bits per heavy atom. The predicted octanol–water partition coefficient (Wildman–Crippen LogP) is 2.99. The lowest BCUT2D eigenvalue weighted by molar-refractivity contribution is 0.108. The summed E-state index contributed by atoms with van der Waals surface area (Å²) < 4.78 is 5.55. The van der Waals surface area contributed by atoms with Crippen LogP contribution in [-0.4, -0.2) is 43.9 Å². The lowest BCUT2D eigenvalue weighted by atomic mass is 10.1. The van der Waals surface area contributed by atoms with E-state index >= 15 is 0 Å². The number of ether oxygens (including phenoxy) is 1. The van der Waals surface area contributed by atoms with Gasteiger partial charge in [0.05, 0.1) is 6.54 Å². The van der Waals surface area contributed by atoms with Gasteiger partial charge in [-0.3, -0.25) is 4.99 Å².